The summed E-state index contributed by atoms with van der Waals surface area (Å²) in [6.07, 6.45) is 0. The van der Waals surface area contributed by atoms with Gasteiger partial charge in [-0.15, -0.1) is 11.3 Å². The van der Waals surface area contributed by atoms with Crippen LogP contribution in [0, 0.1) is 6.92 Å². The second kappa shape index (κ2) is 7.05. The molecule has 0 unspecified atom stereocenters. The number of hydrogen-bond donors (Lipinski definition) is 2. The Hall–Kier alpha value is -2.44. The molecule has 0 bridgehead atoms. The Labute approximate surface area is 156 Å². The van der Waals surface area contributed by atoms with Gasteiger partial charge in [-0.05, 0) is 36.8 Å². The van der Waals surface area contributed by atoms with E-state index in [9.17, 15) is 9.90 Å². The Morgan fingerprint density at radius 1 is 1.23 bits per heavy atom. The Kier molecular flexibility index (Phi) is 4.61. The highest BCUT2D eigenvalue weighted by Crippen LogP contribution is 2.21. The third-order valence-electron chi connectivity index (χ3n) is 4.88. The van der Waals surface area contributed by atoms with Crippen LogP contribution in [-0.2, 0) is 6.54 Å². The van der Waals surface area contributed by atoms with Gasteiger partial charge in [0.1, 0.15) is 17.3 Å². The third-order valence-corrected chi connectivity index (χ3v) is 5.92. The van der Waals surface area contributed by atoms with Crippen molar-refractivity contribution in [3.05, 3.63) is 58.6 Å². The van der Waals surface area contributed by atoms with Gasteiger partial charge in [-0.25, -0.2) is 4.98 Å². The molecule has 2 heterocycles. The highest BCUT2D eigenvalue weighted by Gasteiger charge is 2.26. The SMILES string of the molecule is Cc1ccc(C(=O)N2CC[NH+](Cc3nc4ccccc4s3)CC2)c(O)c1. The number of quaternary nitrogens is 1. The lowest BCUT2D eigenvalue weighted by Crippen LogP contribution is -3.13. The molecule has 6 heteroatoms. The summed E-state index contributed by atoms with van der Waals surface area (Å²) in [7, 11) is 0. The van der Waals surface area contributed by atoms with Gasteiger partial charge >= 0.3 is 0 Å². The van der Waals surface area contributed by atoms with Crippen molar-refractivity contribution in [2.75, 3.05) is 26.2 Å². The van der Waals surface area contributed by atoms with Gasteiger partial charge in [0.25, 0.3) is 5.91 Å². The number of piperazine rings is 1. The number of nitrogens with one attached hydrogen (secondary N) is 1. The summed E-state index contributed by atoms with van der Waals surface area (Å²) in [5.41, 5.74) is 2.41. The molecule has 0 spiro atoms. The average molecular weight is 368 g/mol. The number of para-hydroxylation sites is 1. The molecular weight excluding hydrogens is 346 g/mol. The molecule has 1 saturated heterocycles. The number of rotatable bonds is 3. The molecule has 0 aliphatic carbocycles. The van der Waals surface area contributed by atoms with Gasteiger partial charge in [-0.1, -0.05) is 18.2 Å². The van der Waals surface area contributed by atoms with Crippen molar-refractivity contribution in [1.29, 1.82) is 0 Å². The zero-order valence-corrected chi connectivity index (χ0v) is 15.6. The van der Waals surface area contributed by atoms with E-state index in [0.29, 0.717) is 18.7 Å². The van der Waals surface area contributed by atoms with E-state index in [1.54, 1.807) is 23.5 Å². The zero-order valence-electron chi connectivity index (χ0n) is 14.7. The number of nitrogens with zero attached hydrogens (tertiary/aromatic N) is 2. The maximum atomic E-state index is 12.7. The lowest BCUT2D eigenvalue weighted by Gasteiger charge is -2.32. The molecule has 0 saturated carbocycles. The van der Waals surface area contributed by atoms with Crippen LogP contribution in [0.5, 0.6) is 5.75 Å². The van der Waals surface area contributed by atoms with Crippen molar-refractivity contribution in [1.82, 2.24) is 9.88 Å². The van der Waals surface area contributed by atoms with Gasteiger partial charge < -0.3 is 14.9 Å². The van der Waals surface area contributed by atoms with Crippen molar-refractivity contribution in [3.63, 3.8) is 0 Å². The van der Waals surface area contributed by atoms with Crippen LogP contribution < -0.4 is 4.90 Å². The van der Waals surface area contributed by atoms with Gasteiger partial charge in [0.05, 0.1) is 42.0 Å². The molecular formula is C20H22N3O2S+. The maximum absolute atomic E-state index is 12.7. The Morgan fingerprint density at radius 3 is 2.73 bits per heavy atom. The molecule has 4 rings (SSSR count). The van der Waals surface area contributed by atoms with Crippen LogP contribution in [0.1, 0.15) is 20.9 Å². The van der Waals surface area contributed by atoms with E-state index >= 15 is 0 Å². The summed E-state index contributed by atoms with van der Waals surface area (Å²) in [6.45, 7) is 6.00. The van der Waals surface area contributed by atoms with Crippen LogP contribution >= 0.6 is 11.3 Å². The van der Waals surface area contributed by atoms with Crippen molar-refractivity contribution >= 4 is 27.5 Å². The minimum absolute atomic E-state index is 0.0688. The van der Waals surface area contributed by atoms with Gasteiger partial charge in [-0.2, -0.15) is 0 Å². The summed E-state index contributed by atoms with van der Waals surface area (Å²) in [5, 5.41) is 11.2. The molecule has 0 atom stereocenters. The summed E-state index contributed by atoms with van der Waals surface area (Å²) >= 11 is 1.75. The first kappa shape index (κ1) is 17.0. The highest BCUT2D eigenvalue weighted by atomic mass is 32.1. The molecule has 1 aliphatic heterocycles. The van der Waals surface area contributed by atoms with E-state index < -0.39 is 0 Å². The molecule has 2 N–H and O–H groups in total. The lowest BCUT2D eigenvalue weighted by molar-refractivity contribution is -0.917. The Morgan fingerprint density at radius 2 is 2.00 bits per heavy atom. The molecule has 2 aromatic carbocycles. The number of aromatic hydroxyl groups is 1. The number of carbonyl (C=O) groups is 1. The van der Waals surface area contributed by atoms with Gasteiger partial charge in [-0.3, -0.25) is 4.79 Å². The van der Waals surface area contributed by atoms with Crippen LogP contribution in [-0.4, -0.2) is 47.1 Å². The Bertz CT molecular complexity index is 912. The predicted molar refractivity (Wildman–Crippen MR) is 103 cm³/mol. The number of phenolic OH excluding ortho intramolecular Hbond substituents is 1. The molecule has 1 fully saturated rings. The molecule has 1 aromatic heterocycles. The van der Waals surface area contributed by atoms with Crippen molar-refractivity contribution in [3.8, 4) is 5.75 Å². The normalized spacial score (nSPS) is 15.5. The van der Waals surface area contributed by atoms with E-state index in [-0.39, 0.29) is 11.7 Å². The number of benzene rings is 2. The minimum Gasteiger partial charge on any atom is -0.507 e. The number of amides is 1. The number of phenols is 1. The summed E-state index contributed by atoms with van der Waals surface area (Å²) in [6, 6.07) is 13.4. The first-order chi connectivity index (χ1) is 12.6. The second-order valence-electron chi connectivity index (χ2n) is 6.81. The van der Waals surface area contributed by atoms with E-state index in [0.717, 1.165) is 35.7 Å². The monoisotopic (exact) mass is 368 g/mol. The van der Waals surface area contributed by atoms with Crippen LogP contribution in [0.4, 0.5) is 0 Å². The molecule has 134 valence electrons. The maximum Gasteiger partial charge on any atom is 0.258 e. The topological polar surface area (TPSA) is 57.9 Å². The number of hydrogen-bond acceptors (Lipinski definition) is 4. The van der Waals surface area contributed by atoms with Crippen molar-refractivity contribution in [2.24, 2.45) is 0 Å². The quantitative estimate of drug-likeness (QED) is 0.742. The second-order valence-corrected chi connectivity index (χ2v) is 7.93. The molecule has 3 aromatic rings. The number of carbonyl (C=O) groups excluding carboxylic acids is 1. The third kappa shape index (κ3) is 3.43. The fraction of sp³-hybridized carbons (Fsp3) is 0.300. The van der Waals surface area contributed by atoms with E-state index in [2.05, 4.69) is 12.1 Å². The van der Waals surface area contributed by atoms with Gasteiger partial charge in [0.15, 0.2) is 0 Å². The number of aryl methyl sites for hydroxylation is 1. The number of fused-ring (bicyclic) bond motifs is 1. The fourth-order valence-electron chi connectivity index (χ4n) is 3.41. The van der Waals surface area contributed by atoms with E-state index in [1.807, 2.05) is 30.0 Å². The highest BCUT2D eigenvalue weighted by molar-refractivity contribution is 7.18. The Balaban J connectivity index is 1.38. The first-order valence-corrected chi connectivity index (χ1v) is 9.69. The lowest BCUT2D eigenvalue weighted by atomic mass is 10.1. The van der Waals surface area contributed by atoms with Crippen LogP contribution in [0.15, 0.2) is 42.5 Å². The zero-order chi connectivity index (χ0) is 18.1. The van der Waals surface area contributed by atoms with Crippen LogP contribution in [0.2, 0.25) is 0 Å². The molecule has 1 aliphatic rings. The summed E-state index contributed by atoms with van der Waals surface area (Å²) < 4.78 is 1.23. The molecule has 26 heavy (non-hydrogen) atoms. The largest absolute Gasteiger partial charge is 0.507 e. The minimum atomic E-state index is -0.0819. The molecule has 5 nitrogen and oxygen atoms in total. The predicted octanol–water partition coefficient (Wildman–Crippen LogP) is 1.85. The van der Waals surface area contributed by atoms with Crippen molar-refractivity contribution < 1.29 is 14.8 Å². The van der Waals surface area contributed by atoms with E-state index in [1.165, 1.54) is 9.60 Å². The summed E-state index contributed by atoms with van der Waals surface area (Å²) in [5.74, 6) is -0.0132. The van der Waals surface area contributed by atoms with Gasteiger partial charge in [0, 0.05) is 0 Å². The molecule has 1 amide bonds. The smallest absolute Gasteiger partial charge is 0.258 e. The number of aromatic nitrogens is 1. The number of thiazole rings is 1. The van der Waals surface area contributed by atoms with Crippen LogP contribution in [0.3, 0.4) is 0 Å². The standard InChI is InChI=1S/C20H21N3O2S/c1-14-6-7-15(17(24)12-14)20(25)23-10-8-22(9-11-23)13-19-21-16-4-2-3-5-18(16)26-19/h2-7,12,24H,8-11,13H2,1H3/p+1. The first-order valence-electron chi connectivity index (χ1n) is 8.87. The van der Waals surface area contributed by atoms with Crippen LogP contribution in [0.25, 0.3) is 10.2 Å². The molecule has 0 radical (unpaired) electrons. The van der Waals surface area contributed by atoms with Gasteiger partial charge in [0.2, 0.25) is 0 Å². The average Bonchev–Trinajstić information content (AvgIpc) is 3.04. The fourth-order valence-corrected chi connectivity index (χ4v) is 4.44. The van der Waals surface area contributed by atoms with Crippen molar-refractivity contribution in [2.45, 2.75) is 13.5 Å². The van der Waals surface area contributed by atoms with E-state index in [4.69, 9.17) is 4.98 Å². The summed E-state index contributed by atoms with van der Waals surface area (Å²) in [4.78, 5) is 20.7.